The van der Waals surface area contributed by atoms with Crippen LogP contribution >= 0.6 is 11.9 Å². The maximum atomic E-state index is 15.4. The van der Waals surface area contributed by atoms with Gasteiger partial charge in [0, 0.05) is 62.4 Å². The Balaban J connectivity index is 1.44. The summed E-state index contributed by atoms with van der Waals surface area (Å²) in [4.78, 5) is 0. The summed E-state index contributed by atoms with van der Waals surface area (Å²) in [6, 6.07) is 17.0. The third-order valence-electron chi connectivity index (χ3n) is 7.23. The lowest BCUT2D eigenvalue weighted by molar-refractivity contribution is -0.00317. The fourth-order valence-corrected chi connectivity index (χ4v) is 6.34. The van der Waals surface area contributed by atoms with Gasteiger partial charge in [0.1, 0.15) is 5.82 Å². The summed E-state index contributed by atoms with van der Waals surface area (Å²) in [5.74, 6) is -0.114. The molecule has 2 saturated heterocycles. The number of benzene rings is 2. The Labute approximate surface area is 208 Å². The lowest BCUT2D eigenvalue weighted by Gasteiger charge is -2.38. The highest BCUT2D eigenvalue weighted by Gasteiger charge is 2.36. The first-order valence-electron chi connectivity index (χ1n) is 12.5. The largest absolute Gasteiger partial charge is 0.385 e. The number of ether oxygens (including phenoxy) is 3. The molecular weight excluding hydrogens is 449 g/mol. The fraction of sp³-hybridized carbons (Fsp3) is 0.571. The molecule has 0 spiro atoms. The molecule has 4 nitrogen and oxygen atoms in total. The molecule has 0 N–H and O–H groups in total. The van der Waals surface area contributed by atoms with E-state index in [-0.39, 0.29) is 11.2 Å². The molecule has 186 valence electrons. The van der Waals surface area contributed by atoms with Gasteiger partial charge >= 0.3 is 0 Å². The third-order valence-corrected chi connectivity index (χ3v) is 8.75. The summed E-state index contributed by atoms with van der Waals surface area (Å²) in [5, 5.41) is 0.431. The van der Waals surface area contributed by atoms with Gasteiger partial charge in [-0.05, 0) is 56.2 Å². The second-order valence-corrected chi connectivity index (χ2v) is 10.9. The predicted octanol–water partition coefficient (Wildman–Crippen LogP) is 6.30. The van der Waals surface area contributed by atoms with Gasteiger partial charge < -0.3 is 14.2 Å². The van der Waals surface area contributed by atoms with Crippen LogP contribution in [0.3, 0.4) is 0 Å². The first-order chi connectivity index (χ1) is 16.6. The van der Waals surface area contributed by atoms with Crippen LogP contribution in [0.1, 0.15) is 61.0 Å². The molecule has 34 heavy (non-hydrogen) atoms. The van der Waals surface area contributed by atoms with E-state index in [0.29, 0.717) is 50.9 Å². The minimum atomic E-state index is -0.184. The Morgan fingerprint density at radius 1 is 1.09 bits per heavy atom. The van der Waals surface area contributed by atoms with Crippen LogP contribution in [-0.4, -0.2) is 50.5 Å². The van der Waals surface area contributed by atoms with Crippen molar-refractivity contribution in [3.8, 4) is 0 Å². The SMILES string of the molecule is COCCCOCC1(c2ccc(CN3S[C@@H](c4ccccc4)CC[C@@H]3C)c(F)c2)CCOCC1. The number of hydrogen-bond donors (Lipinski definition) is 0. The minimum absolute atomic E-state index is 0.114. The monoisotopic (exact) mass is 487 g/mol. The Bertz CT molecular complexity index is 890. The molecule has 2 aromatic carbocycles. The van der Waals surface area contributed by atoms with Crippen molar-refractivity contribution in [2.75, 3.05) is 40.1 Å². The Morgan fingerprint density at radius 3 is 2.62 bits per heavy atom. The minimum Gasteiger partial charge on any atom is -0.385 e. The van der Waals surface area contributed by atoms with Crippen molar-refractivity contribution in [2.45, 2.75) is 62.3 Å². The van der Waals surface area contributed by atoms with Gasteiger partial charge in [0.05, 0.1) is 6.61 Å². The van der Waals surface area contributed by atoms with Crippen molar-refractivity contribution >= 4 is 11.9 Å². The molecule has 4 rings (SSSR count). The first kappa shape index (κ1) is 25.6. The highest BCUT2D eigenvalue weighted by molar-refractivity contribution is 7.97. The number of rotatable bonds is 10. The molecule has 0 bridgehead atoms. The van der Waals surface area contributed by atoms with E-state index in [2.05, 4.69) is 47.6 Å². The maximum absolute atomic E-state index is 15.4. The molecular formula is C28H38FNO3S. The van der Waals surface area contributed by atoms with Crippen molar-refractivity contribution < 1.29 is 18.6 Å². The van der Waals surface area contributed by atoms with Crippen LogP contribution in [0, 0.1) is 5.82 Å². The van der Waals surface area contributed by atoms with Gasteiger partial charge in [-0.3, -0.25) is 0 Å². The maximum Gasteiger partial charge on any atom is 0.128 e. The molecule has 0 radical (unpaired) electrons. The average molecular weight is 488 g/mol. The topological polar surface area (TPSA) is 30.9 Å². The van der Waals surface area contributed by atoms with Crippen molar-refractivity contribution in [1.82, 2.24) is 4.31 Å². The summed E-state index contributed by atoms with van der Waals surface area (Å²) in [6.45, 7) is 6.18. The molecule has 2 aliphatic rings. The summed E-state index contributed by atoms with van der Waals surface area (Å²) < 4.78 is 34.6. The summed E-state index contributed by atoms with van der Waals surface area (Å²) >= 11 is 1.87. The highest BCUT2D eigenvalue weighted by Crippen LogP contribution is 2.43. The Morgan fingerprint density at radius 2 is 1.88 bits per heavy atom. The number of nitrogens with zero attached hydrogens (tertiary/aromatic N) is 1. The number of methoxy groups -OCH3 is 1. The zero-order chi connectivity index (χ0) is 23.8. The van der Waals surface area contributed by atoms with Crippen LogP contribution in [0.2, 0.25) is 0 Å². The van der Waals surface area contributed by atoms with Gasteiger partial charge in [0.15, 0.2) is 0 Å². The van der Waals surface area contributed by atoms with Gasteiger partial charge in [0.2, 0.25) is 0 Å². The van der Waals surface area contributed by atoms with Crippen molar-refractivity contribution in [3.63, 3.8) is 0 Å². The molecule has 2 heterocycles. The molecule has 2 atom stereocenters. The molecule has 0 aliphatic carbocycles. The van der Waals surface area contributed by atoms with E-state index < -0.39 is 0 Å². The molecule has 2 fully saturated rings. The third kappa shape index (κ3) is 6.41. The molecule has 0 unspecified atom stereocenters. The van der Waals surface area contributed by atoms with Crippen LogP contribution < -0.4 is 0 Å². The van der Waals surface area contributed by atoms with Crippen molar-refractivity contribution in [2.24, 2.45) is 0 Å². The Kier molecular flexibility index (Phi) is 9.43. The fourth-order valence-electron chi connectivity index (χ4n) is 4.97. The van der Waals surface area contributed by atoms with E-state index in [1.807, 2.05) is 18.0 Å². The molecule has 0 amide bonds. The zero-order valence-corrected chi connectivity index (χ0v) is 21.3. The van der Waals surface area contributed by atoms with E-state index in [1.165, 1.54) is 5.56 Å². The van der Waals surface area contributed by atoms with Crippen LogP contribution in [0.25, 0.3) is 0 Å². The summed E-state index contributed by atoms with van der Waals surface area (Å²) in [5.41, 5.74) is 2.97. The van der Waals surface area contributed by atoms with E-state index in [4.69, 9.17) is 14.2 Å². The van der Waals surface area contributed by atoms with Gasteiger partial charge in [-0.15, -0.1) is 0 Å². The molecule has 6 heteroatoms. The van der Waals surface area contributed by atoms with E-state index in [0.717, 1.165) is 43.2 Å². The van der Waals surface area contributed by atoms with Gasteiger partial charge in [0.25, 0.3) is 0 Å². The van der Waals surface area contributed by atoms with Crippen LogP contribution in [0.15, 0.2) is 48.5 Å². The van der Waals surface area contributed by atoms with Crippen LogP contribution in [0.5, 0.6) is 0 Å². The van der Waals surface area contributed by atoms with E-state index in [1.54, 1.807) is 13.2 Å². The number of hydrogen-bond acceptors (Lipinski definition) is 5. The molecule has 0 aromatic heterocycles. The Hall–Kier alpha value is -1.44. The molecule has 0 saturated carbocycles. The lowest BCUT2D eigenvalue weighted by atomic mass is 9.74. The standard InChI is InChI=1S/C28H38FNO3S/c1-22-9-12-27(23-7-4-3-5-8-23)34-30(22)20-24-10-11-25(19-26(24)29)28(13-17-32-18-14-28)21-33-16-6-15-31-2/h3-5,7-8,10-11,19,22,27H,6,9,12-18,20-21H2,1-2H3/t22-,27+/m0/s1. The predicted molar refractivity (Wildman–Crippen MR) is 136 cm³/mol. The van der Waals surface area contributed by atoms with Gasteiger partial charge in [-0.1, -0.05) is 54.4 Å². The van der Waals surface area contributed by atoms with Crippen molar-refractivity contribution in [3.05, 3.63) is 71.0 Å². The summed E-state index contributed by atoms with van der Waals surface area (Å²) in [6.07, 6.45) is 4.85. The molecule has 2 aliphatic heterocycles. The smallest absolute Gasteiger partial charge is 0.128 e. The lowest BCUT2D eigenvalue weighted by Crippen LogP contribution is -2.38. The van der Waals surface area contributed by atoms with Gasteiger partial charge in [-0.2, -0.15) is 0 Å². The van der Waals surface area contributed by atoms with E-state index in [9.17, 15) is 0 Å². The van der Waals surface area contributed by atoms with Crippen LogP contribution in [-0.2, 0) is 26.2 Å². The van der Waals surface area contributed by atoms with E-state index >= 15 is 4.39 Å². The summed E-state index contributed by atoms with van der Waals surface area (Å²) in [7, 11) is 1.70. The van der Waals surface area contributed by atoms with Crippen LogP contribution in [0.4, 0.5) is 4.39 Å². The normalized spacial score (nSPS) is 23.1. The zero-order valence-electron chi connectivity index (χ0n) is 20.5. The highest BCUT2D eigenvalue weighted by atomic mass is 32.2. The first-order valence-corrected chi connectivity index (χ1v) is 13.4. The number of halogens is 1. The quantitative estimate of drug-likeness (QED) is 0.290. The average Bonchev–Trinajstić information content (AvgIpc) is 2.87. The molecule has 2 aromatic rings. The second-order valence-electron chi connectivity index (χ2n) is 9.60. The van der Waals surface area contributed by atoms with Crippen molar-refractivity contribution in [1.29, 1.82) is 0 Å². The van der Waals surface area contributed by atoms with Gasteiger partial charge in [-0.25, -0.2) is 8.70 Å². The second kappa shape index (κ2) is 12.5.